The van der Waals surface area contributed by atoms with Crippen LogP contribution in [-0.4, -0.2) is 68.6 Å². The zero-order valence-corrected chi connectivity index (χ0v) is 20.3. The molecule has 0 unspecified atom stereocenters. The summed E-state index contributed by atoms with van der Waals surface area (Å²) in [6, 6.07) is 10.2. The molecule has 1 fully saturated rings. The van der Waals surface area contributed by atoms with Gasteiger partial charge in [-0.25, -0.2) is 0 Å². The Labute approximate surface area is 190 Å². The minimum absolute atomic E-state index is 0.0270. The third kappa shape index (κ3) is 8.62. The normalized spacial score (nSPS) is 15.4. The van der Waals surface area contributed by atoms with Gasteiger partial charge >= 0.3 is 0 Å². The molecule has 2 rings (SSSR count). The summed E-state index contributed by atoms with van der Waals surface area (Å²) in [5, 5.41) is 2.95. The molecule has 0 radical (unpaired) electrons. The number of rotatable bonds is 8. The van der Waals surface area contributed by atoms with Gasteiger partial charge in [-0.1, -0.05) is 68.2 Å². The van der Waals surface area contributed by atoms with Gasteiger partial charge < -0.3 is 15.1 Å². The van der Waals surface area contributed by atoms with E-state index in [0.29, 0.717) is 19.1 Å². The van der Waals surface area contributed by atoms with Gasteiger partial charge in [0.05, 0.1) is 25.6 Å². The average Bonchev–Trinajstić information content (AvgIpc) is 2.63. The number of thioether (sulfide) groups is 1. The van der Waals surface area contributed by atoms with Gasteiger partial charge in [0.25, 0.3) is 0 Å². The van der Waals surface area contributed by atoms with Crippen molar-refractivity contribution in [1.29, 1.82) is 0 Å². The molecule has 6 nitrogen and oxygen atoms in total. The highest BCUT2D eigenvalue weighted by Crippen LogP contribution is 2.21. The lowest BCUT2D eigenvalue weighted by Crippen LogP contribution is -2.52. The van der Waals surface area contributed by atoms with E-state index < -0.39 is 0 Å². The number of carbonyl (C=O) groups excluding carboxylic acids is 2. The lowest BCUT2D eigenvalue weighted by molar-refractivity contribution is -0.138. The van der Waals surface area contributed by atoms with Crippen LogP contribution in [0.3, 0.4) is 0 Å². The van der Waals surface area contributed by atoms with E-state index in [-0.39, 0.29) is 36.4 Å². The quantitative estimate of drug-likeness (QED) is 0.614. The van der Waals surface area contributed by atoms with Gasteiger partial charge in [-0.2, -0.15) is 0 Å². The molecule has 0 bridgehead atoms. The van der Waals surface area contributed by atoms with Crippen LogP contribution in [0.5, 0.6) is 0 Å². The molecular weight excluding hydrogens is 416 g/mol. The Hall–Kier alpha value is -1.64. The van der Waals surface area contributed by atoms with Crippen LogP contribution in [0.4, 0.5) is 0 Å². The van der Waals surface area contributed by atoms with Crippen LogP contribution in [0.25, 0.3) is 0 Å². The fourth-order valence-corrected chi connectivity index (χ4v) is 4.26. The molecule has 166 valence electrons. The summed E-state index contributed by atoms with van der Waals surface area (Å²) in [5.74, 6) is 0.811. The largest absolute Gasteiger partial charge is 0.350 e. The van der Waals surface area contributed by atoms with E-state index in [9.17, 15) is 9.59 Å². The van der Waals surface area contributed by atoms with Crippen molar-refractivity contribution in [2.75, 3.05) is 32.2 Å². The summed E-state index contributed by atoms with van der Waals surface area (Å²) in [4.78, 5) is 31.3. The third-order valence-electron chi connectivity index (χ3n) is 4.36. The summed E-state index contributed by atoms with van der Waals surface area (Å²) >= 11 is 7.10. The van der Waals surface area contributed by atoms with Crippen LogP contribution in [0, 0.1) is 5.92 Å². The second-order valence-electron chi connectivity index (χ2n) is 9.16. The molecule has 0 saturated carbocycles. The van der Waals surface area contributed by atoms with Crippen molar-refractivity contribution < 1.29 is 9.59 Å². The molecule has 2 amide bonds. The van der Waals surface area contributed by atoms with Crippen molar-refractivity contribution in [2.45, 2.75) is 46.7 Å². The Morgan fingerprint density at radius 3 is 2.50 bits per heavy atom. The van der Waals surface area contributed by atoms with Gasteiger partial charge in [-0.3, -0.25) is 14.5 Å². The topological polar surface area (TPSA) is 55.9 Å². The smallest absolute Gasteiger partial charge is 0.240 e. The Morgan fingerprint density at radius 2 is 1.90 bits per heavy atom. The van der Waals surface area contributed by atoms with Crippen LogP contribution < -0.4 is 5.32 Å². The molecule has 1 aliphatic rings. The van der Waals surface area contributed by atoms with Crippen molar-refractivity contribution >= 4 is 40.1 Å². The Kier molecular flexibility index (Phi) is 9.12. The fourth-order valence-electron chi connectivity index (χ4n) is 3.21. The Morgan fingerprint density at radius 1 is 1.23 bits per heavy atom. The number of carbonyl (C=O) groups is 2. The maximum Gasteiger partial charge on any atom is 0.240 e. The van der Waals surface area contributed by atoms with E-state index in [1.54, 1.807) is 16.7 Å². The van der Waals surface area contributed by atoms with Gasteiger partial charge in [-0.15, -0.1) is 0 Å². The first-order valence-electron chi connectivity index (χ1n) is 10.3. The molecule has 0 aliphatic carbocycles. The SMILES string of the molecule is CC(C)CN(CC(=O)NC(C)(C)C)C(=O)CN1CSC(=S)N(Cc2ccccc2)C1. The number of nitrogens with zero attached hydrogens (tertiary/aromatic N) is 3. The van der Waals surface area contributed by atoms with Crippen LogP contribution >= 0.6 is 24.0 Å². The molecule has 1 aromatic carbocycles. The number of benzene rings is 1. The lowest BCUT2D eigenvalue weighted by Gasteiger charge is -2.37. The molecule has 1 saturated heterocycles. The van der Waals surface area contributed by atoms with Crippen molar-refractivity contribution in [2.24, 2.45) is 5.92 Å². The van der Waals surface area contributed by atoms with Gasteiger partial charge in [0.1, 0.15) is 4.32 Å². The zero-order valence-electron chi connectivity index (χ0n) is 18.7. The first-order valence-corrected chi connectivity index (χ1v) is 11.7. The predicted molar refractivity (Wildman–Crippen MR) is 128 cm³/mol. The molecule has 8 heteroatoms. The molecule has 0 aromatic heterocycles. The van der Waals surface area contributed by atoms with E-state index in [2.05, 4.69) is 41.1 Å². The first kappa shape index (κ1) is 24.6. The molecule has 1 aromatic rings. The summed E-state index contributed by atoms with van der Waals surface area (Å²) in [7, 11) is 0. The van der Waals surface area contributed by atoms with Crippen LogP contribution in [0.15, 0.2) is 30.3 Å². The standard InChI is InChI=1S/C22H34N4O2S2/c1-17(2)11-25(13-19(27)23-22(3,4)5)20(28)14-24-15-26(21(29)30-16-24)12-18-9-7-6-8-10-18/h6-10,17H,11-16H2,1-5H3,(H,23,27). The molecule has 0 atom stereocenters. The fraction of sp³-hybridized carbons (Fsp3) is 0.591. The van der Waals surface area contributed by atoms with E-state index in [1.165, 1.54) is 5.56 Å². The third-order valence-corrected chi connectivity index (χ3v) is 5.97. The maximum absolute atomic E-state index is 13.0. The van der Waals surface area contributed by atoms with Crippen molar-refractivity contribution in [3.05, 3.63) is 35.9 Å². The summed E-state index contributed by atoms with van der Waals surface area (Å²) < 4.78 is 0.853. The molecule has 0 spiro atoms. The Bertz CT molecular complexity index is 734. The first-order chi connectivity index (χ1) is 14.0. The monoisotopic (exact) mass is 450 g/mol. The minimum Gasteiger partial charge on any atom is -0.350 e. The van der Waals surface area contributed by atoms with Crippen LogP contribution in [0.2, 0.25) is 0 Å². The van der Waals surface area contributed by atoms with E-state index in [1.807, 2.05) is 39.0 Å². The summed E-state index contributed by atoms with van der Waals surface area (Å²) in [6.07, 6.45) is 0. The summed E-state index contributed by atoms with van der Waals surface area (Å²) in [6.45, 7) is 12.2. The van der Waals surface area contributed by atoms with E-state index in [0.717, 1.165) is 10.9 Å². The molecule has 1 heterocycles. The zero-order chi connectivity index (χ0) is 22.3. The van der Waals surface area contributed by atoms with Crippen molar-refractivity contribution in [3.63, 3.8) is 0 Å². The highest BCUT2D eigenvalue weighted by molar-refractivity contribution is 8.22. The van der Waals surface area contributed by atoms with E-state index >= 15 is 0 Å². The molecule has 1 N–H and O–H groups in total. The molecule has 1 aliphatic heterocycles. The Balaban J connectivity index is 1.97. The number of nitrogens with one attached hydrogen (secondary N) is 1. The van der Waals surface area contributed by atoms with Gasteiger partial charge in [0.15, 0.2) is 0 Å². The molecular formula is C22H34N4O2S2. The second-order valence-corrected chi connectivity index (χ2v) is 10.7. The highest BCUT2D eigenvalue weighted by Gasteiger charge is 2.27. The number of amides is 2. The predicted octanol–water partition coefficient (Wildman–Crippen LogP) is 3.14. The number of hydrogen-bond acceptors (Lipinski definition) is 5. The maximum atomic E-state index is 13.0. The summed E-state index contributed by atoms with van der Waals surface area (Å²) in [5.41, 5.74) is 0.870. The van der Waals surface area contributed by atoms with Gasteiger partial charge in [0, 0.05) is 18.6 Å². The van der Waals surface area contributed by atoms with Crippen LogP contribution in [0.1, 0.15) is 40.2 Å². The van der Waals surface area contributed by atoms with Crippen molar-refractivity contribution in [1.82, 2.24) is 20.0 Å². The minimum atomic E-state index is -0.319. The average molecular weight is 451 g/mol. The number of thiocarbonyl (C=S) groups is 1. The van der Waals surface area contributed by atoms with E-state index in [4.69, 9.17) is 12.2 Å². The van der Waals surface area contributed by atoms with Crippen LogP contribution in [-0.2, 0) is 16.1 Å². The number of hydrogen-bond donors (Lipinski definition) is 1. The lowest BCUT2D eigenvalue weighted by atomic mass is 10.1. The second kappa shape index (κ2) is 11.1. The molecule has 30 heavy (non-hydrogen) atoms. The highest BCUT2D eigenvalue weighted by atomic mass is 32.2. The van der Waals surface area contributed by atoms with Gasteiger partial charge in [0.2, 0.25) is 11.8 Å². The van der Waals surface area contributed by atoms with Gasteiger partial charge in [-0.05, 0) is 32.3 Å². The van der Waals surface area contributed by atoms with Crippen molar-refractivity contribution in [3.8, 4) is 0 Å².